The Labute approximate surface area is 118 Å². The second-order valence-corrected chi connectivity index (χ2v) is 6.05. The van der Waals surface area contributed by atoms with Gasteiger partial charge in [-0.05, 0) is 61.6 Å². The van der Waals surface area contributed by atoms with Crippen molar-refractivity contribution in [2.75, 3.05) is 6.61 Å². The summed E-state index contributed by atoms with van der Waals surface area (Å²) in [4.78, 5) is 0. The molecular weight excluding hydrogens is 232 g/mol. The van der Waals surface area contributed by atoms with Crippen molar-refractivity contribution >= 4 is 0 Å². The van der Waals surface area contributed by atoms with Crippen molar-refractivity contribution < 1.29 is 4.74 Å². The Hall–Kier alpha value is -0.980. The van der Waals surface area contributed by atoms with Gasteiger partial charge in [0.25, 0.3) is 0 Å². The summed E-state index contributed by atoms with van der Waals surface area (Å²) >= 11 is 0. The highest BCUT2D eigenvalue weighted by Crippen LogP contribution is 2.41. The van der Waals surface area contributed by atoms with Crippen LogP contribution >= 0.6 is 0 Å². The topological polar surface area (TPSA) is 9.23 Å². The van der Waals surface area contributed by atoms with E-state index in [0.29, 0.717) is 0 Å². The average molecular weight is 260 g/mol. The molecule has 0 heterocycles. The van der Waals surface area contributed by atoms with Crippen LogP contribution in [-0.4, -0.2) is 6.61 Å². The molecule has 1 heteroatoms. The summed E-state index contributed by atoms with van der Waals surface area (Å²) < 4.78 is 5.52. The van der Waals surface area contributed by atoms with Crippen LogP contribution in [0.1, 0.15) is 64.4 Å². The lowest BCUT2D eigenvalue weighted by Gasteiger charge is -2.34. The predicted octanol–water partition coefficient (Wildman–Crippen LogP) is 5.41. The molecule has 0 radical (unpaired) electrons. The van der Waals surface area contributed by atoms with Crippen molar-refractivity contribution in [2.24, 2.45) is 11.8 Å². The zero-order chi connectivity index (χ0) is 13.7. The van der Waals surface area contributed by atoms with Crippen LogP contribution in [-0.2, 0) is 0 Å². The Morgan fingerprint density at radius 3 is 2.42 bits per heavy atom. The van der Waals surface area contributed by atoms with Crippen molar-refractivity contribution in [1.82, 2.24) is 0 Å². The summed E-state index contributed by atoms with van der Waals surface area (Å²) in [5.74, 6) is 3.55. The third kappa shape index (κ3) is 3.75. The number of ether oxygens (including phenoxy) is 1. The quantitative estimate of drug-likeness (QED) is 0.688. The Bertz CT molecular complexity index is 368. The highest BCUT2D eigenvalue weighted by atomic mass is 16.5. The van der Waals surface area contributed by atoms with Crippen LogP contribution in [0.2, 0.25) is 0 Å². The monoisotopic (exact) mass is 260 g/mol. The highest BCUT2D eigenvalue weighted by molar-refractivity contribution is 5.30. The van der Waals surface area contributed by atoms with Gasteiger partial charge in [-0.15, -0.1) is 0 Å². The fourth-order valence-corrected chi connectivity index (χ4v) is 3.65. The molecule has 1 fully saturated rings. The predicted molar refractivity (Wildman–Crippen MR) is 81.8 cm³/mol. The Morgan fingerprint density at radius 1 is 1.11 bits per heavy atom. The van der Waals surface area contributed by atoms with Gasteiger partial charge in [0.1, 0.15) is 5.75 Å². The third-order valence-electron chi connectivity index (χ3n) is 4.59. The summed E-state index contributed by atoms with van der Waals surface area (Å²) in [7, 11) is 0. The molecule has 0 spiro atoms. The van der Waals surface area contributed by atoms with Crippen LogP contribution in [0.5, 0.6) is 5.75 Å². The van der Waals surface area contributed by atoms with Crippen molar-refractivity contribution in [1.29, 1.82) is 0 Å². The van der Waals surface area contributed by atoms with Crippen LogP contribution < -0.4 is 4.74 Å². The largest absolute Gasteiger partial charge is 0.494 e. The summed E-state index contributed by atoms with van der Waals surface area (Å²) in [6.07, 6.45) is 6.94. The molecule has 1 aliphatic rings. The molecule has 19 heavy (non-hydrogen) atoms. The second kappa shape index (κ2) is 6.98. The van der Waals surface area contributed by atoms with Gasteiger partial charge in [0.2, 0.25) is 0 Å². The van der Waals surface area contributed by atoms with Gasteiger partial charge in [0, 0.05) is 0 Å². The molecule has 0 aromatic heterocycles. The molecule has 2 rings (SSSR count). The molecule has 0 N–H and O–H groups in total. The van der Waals surface area contributed by atoms with Crippen molar-refractivity contribution in [3.05, 3.63) is 29.8 Å². The van der Waals surface area contributed by atoms with Gasteiger partial charge in [-0.3, -0.25) is 0 Å². The fraction of sp³-hybridized carbons (Fsp3) is 0.667. The maximum absolute atomic E-state index is 5.52. The van der Waals surface area contributed by atoms with E-state index in [0.717, 1.165) is 30.1 Å². The first-order valence-corrected chi connectivity index (χ1v) is 7.97. The van der Waals surface area contributed by atoms with E-state index in [1.807, 2.05) is 6.92 Å². The van der Waals surface area contributed by atoms with E-state index in [2.05, 4.69) is 38.1 Å². The molecule has 1 aliphatic carbocycles. The van der Waals surface area contributed by atoms with Gasteiger partial charge >= 0.3 is 0 Å². The van der Waals surface area contributed by atoms with E-state index in [-0.39, 0.29) is 0 Å². The zero-order valence-electron chi connectivity index (χ0n) is 12.7. The summed E-state index contributed by atoms with van der Waals surface area (Å²) in [6.45, 7) is 7.52. The van der Waals surface area contributed by atoms with Gasteiger partial charge < -0.3 is 4.74 Å². The number of benzene rings is 1. The van der Waals surface area contributed by atoms with Crippen LogP contribution in [0.4, 0.5) is 0 Å². The third-order valence-corrected chi connectivity index (χ3v) is 4.59. The second-order valence-electron chi connectivity index (χ2n) is 6.05. The van der Waals surface area contributed by atoms with E-state index in [9.17, 15) is 0 Å². The lowest BCUT2D eigenvalue weighted by molar-refractivity contribution is 0.235. The van der Waals surface area contributed by atoms with E-state index in [4.69, 9.17) is 4.74 Å². The molecule has 0 saturated heterocycles. The molecule has 3 atom stereocenters. The minimum absolute atomic E-state index is 0.748. The molecular formula is C18H28O. The van der Waals surface area contributed by atoms with Crippen LogP contribution in [0, 0.1) is 11.8 Å². The van der Waals surface area contributed by atoms with Gasteiger partial charge in [-0.25, -0.2) is 0 Å². The molecule has 1 aromatic rings. The highest BCUT2D eigenvalue weighted by Gasteiger charge is 2.27. The Balaban J connectivity index is 1.98. The lowest BCUT2D eigenvalue weighted by atomic mass is 9.71. The van der Waals surface area contributed by atoms with Crippen molar-refractivity contribution in [3.8, 4) is 5.75 Å². The summed E-state index contributed by atoms with van der Waals surface area (Å²) in [5.41, 5.74) is 1.51. The SMILES string of the molecule is CCCC1CCC(c2ccc(OCC)cc2)C(C)C1. The molecule has 106 valence electrons. The molecule has 0 aliphatic heterocycles. The standard InChI is InChI=1S/C18H28O/c1-4-6-15-7-12-18(14(3)13-15)16-8-10-17(11-9-16)19-5-2/h8-11,14-15,18H,4-7,12-13H2,1-3H3. The fourth-order valence-electron chi connectivity index (χ4n) is 3.65. The Morgan fingerprint density at radius 2 is 1.84 bits per heavy atom. The molecule has 1 saturated carbocycles. The normalized spacial score (nSPS) is 27.2. The maximum Gasteiger partial charge on any atom is 0.119 e. The van der Waals surface area contributed by atoms with Crippen LogP contribution in [0.3, 0.4) is 0 Å². The summed E-state index contributed by atoms with van der Waals surface area (Å²) in [6, 6.07) is 8.80. The molecule has 3 unspecified atom stereocenters. The maximum atomic E-state index is 5.52. The van der Waals surface area contributed by atoms with Crippen molar-refractivity contribution in [2.45, 2.75) is 58.8 Å². The van der Waals surface area contributed by atoms with Gasteiger partial charge in [-0.2, -0.15) is 0 Å². The smallest absolute Gasteiger partial charge is 0.119 e. The molecule has 1 nitrogen and oxygen atoms in total. The zero-order valence-corrected chi connectivity index (χ0v) is 12.7. The summed E-state index contributed by atoms with van der Waals surface area (Å²) in [5, 5.41) is 0. The van der Waals surface area contributed by atoms with Crippen LogP contribution in [0.25, 0.3) is 0 Å². The van der Waals surface area contributed by atoms with E-state index in [1.54, 1.807) is 0 Å². The minimum Gasteiger partial charge on any atom is -0.494 e. The number of hydrogen-bond acceptors (Lipinski definition) is 1. The van der Waals surface area contributed by atoms with E-state index in [1.165, 1.54) is 37.7 Å². The average Bonchev–Trinajstić information content (AvgIpc) is 2.41. The minimum atomic E-state index is 0.748. The van der Waals surface area contributed by atoms with E-state index < -0.39 is 0 Å². The van der Waals surface area contributed by atoms with Gasteiger partial charge in [0.15, 0.2) is 0 Å². The van der Waals surface area contributed by atoms with Crippen molar-refractivity contribution in [3.63, 3.8) is 0 Å². The number of hydrogen-bond donors (Lipinski definition) is 0. The first-order valence-electron chi connectivity index (χ1n) is 7.97. The molecule has 0 amide bonds. The van der Waals surface area contributed by atoms with Gasteiger partial charge in [-0.1, -0.05) is 38.8 Å². The number of rotatable bonds is 5. The first kappa shape index (κ1) is 14.4. The molecule has 1 aromatic carbocycles. The van der Waals surface area contributed by atoms with Crippen LogP contribution in [0.15, 0.2) is 24.3 Å². The lowest BCUT2D eigenvalue weighted by Crippen LogP contribution is -2.21. The molecule has 0 bridgehead atoms. The first-order chi connectivity index (χ1) is 9.24. The van der Waals surface area contributed by atoms with E-state index >= 15 is 0 Å². The van der Waals surface area contributed by atoms with Gasteiger partial charge in [0.05, 0.1) is 6.61 Å². The Kier molecular flexibility index (Phi) is 5.30.